The van der Waals surface area contributed by atoms with E-state index in [2.05, 4.69) is 32.2 Å². The minimum absolute atomic E-state index is 0.0115. The Kier molecular flexibility index (Phi) is 12.9. The van der Waals surface area contributed by atoms with E-state index in [4.69, 9.17) is 11.6 Å². The highest BCUT2D eigenvalue weighted by molar-refractivity contribution is 8.21. The summed E-state index contributed by atoms with van der Waals surface area (Å²) in [6.07, 6.45) is 2.63. The number of halogens is 1. The number of likely N-dealkylation sites (tertiary alicyclic amines) is 1. The molecule has 2 fully saturated rings. The van der Waals surface area contributed by atoms with Crippen LogP contribution >= 0.6 is 47.1 Å². The molecule has 1 amide bonds. The zero-order valence-corrected chi connectivity index (χ0v) is 32.9. The van der Waals surface area contributed by atoms with Gasteiger partial charge in [-0.05, 0) is 73.4 Å². The topological polar surface area (TPSA) is 177 Å². The standard InChI is InChI=1S/C36H42ClN5O7S4/c1-22(33(43)42-21-36(50-15-16-51-36)19-29(42)35(46)47)39-27(34(44)45)13-11-24-7-9-25(10-8-24)20-38-53(48,49)31-18-30-28(17-26(31)37)40-32(41-52-30)14-12-23-5-3-2-4-6-23/h2-10,17-18,22,27,29,32,38-41H,11-16,19-21H2,1H3,(H,44,45)(H,46,47)/t22-,27-,29-,32?/m0/s1. The molecule has 3 aromatic carbocycles. The summed E-state index contributed by atoms with van der Waals surface area (Å²) >= 11 is 11.2. The SMILES string of the molecule is C[C@H](N[C@@H](CCc1ccc(CNS(=O)(=O)c2cc3c(cc2Cl)NC(CCc2ccccc2)NS3)cc1)C(=O)O)C(=O)N1CC2(C[C@H]1C(=O)O)SCCS2. The van der Waals surface area contributed by atoms with Crippen LogP contribution < -0.4 is 20.1 Å². The highest BCUT2D eigenvalue weighted by Gasteiger charge is 2.52. The largest absolute Gasteiger partial charge is 0.480 e. The molecule has 3 aliphatic rings. The number of thioether (sulfide) groups is 2. The summed E-state index contributed by atoms with van der Waals surface area (Å²) in [4.78, 5) is 39.6. The van der Waals surface area contributed by atoms with Crippen molar-refractivity contribution in [3.8, 4) is 0 Å². The van der Waals surface area contributed by atoms with Gasteiger partial charge >= 0.3 is 11.9 Å². The van der Waals surface area contributed by atoms with Gasteiger partial charge in [-0.1, -0.05) is 66.2 Å². The molecule has 0 bridgehead atoms. The molecule has 0 aromatic heterocycles. The van der Waals surface area contributed by atoms with Gasteiger partial charge in [-0.25, -0.2) is 22.7 Å². The van der Waals surface area contributed by atoms with Crippen LogP contribution in [0.15, 0.2) is 76.5 Å². The number of hydrogen-bond acceptors (Lipinski definition) is 11. The summed E-state index contributed by atoms with van der Waals surface area (Å²) in [5, 5.41) is 26.2. The number of carbonyl (C=O) groups is 3. The number of amides is 1. The van der Waals surface area contributed by atoms with Crippen LogP contribution in [0.1, 0.15) is 42.9 Å². The van der Waals surface area contributed by atoms with Gasteiger partial charge in [-0.15, -0.1) is 23.5 Å². The minimum atomic E-state index is -3.95. The molecule has 6 N–H and O–H groups in total. The Morgan fingerprint density at radius 1 is 1.00 bits per heavy atom. The summed E-state index contributed by atoms with van der Waals surface area (Å²) in [6.45, 7) is 1.90. The Labute approximate surface area is 327 Å². The number of rotatable bonds is 15. The van der Waals surface area contributed by atoms with Crippen LogP contribution in [0.4, 0.5) is 5.69 Å². The van der Waals surface area contributed by atoms with E-state index in [1.807, 2.05) is 30.3 Å². The number of fused-ring (bicyclic) bond motifs is 1. The Morgan fingerprint density at radius 2 is 1.68 bits per heavy atom. The van der Waals surface area contributed by atoms with Crippen molar-refractivity contribution < 1.29 is 33.0 Å². The molecule has 4 atom stereocenters. The van der Waals surface area contributed by atoms with Gasteiger partial charge in [-0.3, -0.25) is 14.9 Å². The maximum Gasteiger partial charge on any atom is 0.326 e. The number of nitrogens with one attached hydrogen (secondary N) is 4. The Bertz CT molecular complexity index is 1920. The summed E-state index contributed by atoms with van der Waals surface area (Å²) in [6, 6.07) is 17.7. The predicted octanol–water partition coefficient (Wildman–Crippen LogP) is 5.03. The number of carboxylic acids is 2. The average Bonchev–Trinajstić information content (AvgIpc) is 3.77. The van der Waals surface area contributed by atoms with Gasteiger partial charge < -0.3 is 20.4 Å². The summed E-state index contributed by atoms with van der Waals surface area (Å²) in [5.74, 6) is -0.782. The van der Waals surface area contributed by atoms with E-state index in [-0.39, 0.29) is 33.1 Å². The number of nitrogens with zero attached hydrogens (tertiary/aromatic N) is 1. The van der Waals surface area contributed by atoms with Gasteiger partial charge in [0.25, 0.3) is 0 Å². The van der Waals surface area contributed by atoms with Crippen molar-refractivity contribution in [2.45, 2.75) is 83.7 Å². The highest BCUT2D eigenvalue weighted by Crippen LogP contribution is 2.52. The molecule has 17 heteroatoms. The Balaban J connectivity index is 0.996. The minimum Gasteiger partial charge on any atom is -0.480 e. The van der Waals surface area contributed by atoms with E-state index in [1.165, 1.54) is 22.4 Å². The first-order valence-corrected chi connectivity index (χ1v) is 21.9. The first kappa shape index (κ1) is 39.7. The molecular formula is C36H42ClN5O7S4. The second-order valence-corrected chi connectivity index (χ2v) is 19.5. The fourth-order valence-corrected chi connectivity index (χ4v) is 12.4. The van der Waals surface area contributed by atoms with Gasteiger partial charge in [0.15, 0.2) is 0 Å². The van der Waals surface area contributed by atoms with Crippen molar-refractivity contribution in [1.82, 2.24) is 19.7 Å². The number of aliphatic carboxylic acids is 2. The quantitative estimate of drug-likeness (QED) is 0.113. The second kappa shape index (κ2) is 17.2. The zero-order chi connectivity index (χ0) is 37.8. The molecule has 1 spiro atoms. The zero-order valence-electron chi connectivity index (χ0n) is 28.9. The molecule has 12 nitrogen and oxygen atoms in total. The first-order chi connectivity index (χ1) is 25.3. The van der Waals surface area contributed by atoms with Gasteiger partial charge in [0.1, 0.15) is 17.0 Å². The van der Waals surface area contributed by atoms with E-state index >= 15 is 0 Å². The first-order valence-electron chi connectivity index (χ1n) is 17.3. The molecule has 53 heavy (non-hydrogen) atoms. The smallest absolute Gasteiger partial charge is 0.326 e. The summed E-state index contributed by atoms with van der Waals surface area (Å²) < 4.78 is 32.3. The molecule has 6 rings (SSSR count). The van der Waals surface area contributed by atoms with Crippen LogP contribution in [0.5, 0.6) is 0 Å². The molecule has 0 saturated carbocycles. The molecule has 284 valence electrons. The van der Waals surface area contributed by atoms with Crippen molar-refractivity contribution in [1.29, 1.82) is 0 Å². The van der Waals surface area contributed by atoms with Gasteiger partial charge in [0.2, 0.25) is 15.9 Å². The highest BCUT2D eigenvalue weighted by atomic mass is 35.5. The average molecular weight is 820 g/mol. The van der Waals surface area contributed by atoms with Crippen molar-refractivity contribution in [2.24, 2.45) is 0 Å². The van der Waals surface area contributed by atoms with Gasteiger partial charge in [0, 0.05) is 35.9 Å². The van der Waals surface area contributed by atoms with Crippen molar-refractivity contribution in [3.63, 3.8) is 0 Å². The fraction of sp³-hybridized carbons (Fsp3) is 0.417. The third-order valence-corrected chi connectivity index (χ3v) is 15.8. The molecular weight excluding hydrogens is 778 g/mol. The third kappa shape index (κ3) is 9.84. The Morgan fingerprint density at radius 3 is 2.36 bits per heavy atom. The number of benzene rings is 3. The molecule has 3 aromatic rings. The fourth-order valence-electron chi connectivity index (χ4n) is 6.66. The molecule has 2 saturated heterocycles. The van der Waals surface area contributed by atoms with Crippen LogP contribution in [0.3, 0.4) is 0 Å². The lowest BCUT2D eigenvalue weighted by molar-refractivity contribution is -0.149. The molecule has 0 radical (unpaired) electrons. The maximum absolute atomic E-state index is 13.4. The number of carboxylic acid groups (broad SMARTS) is 2. The van der Waals surface area contributed by atoms with Crippen molar-refractivity contribution in [2.75, 3.05) is 23.4 Å². The number of carbonyl (C=O) groups excluding carboxylic acids is 1. The van der Waals surface area contributed by atoms with E-state index in [9.17, 15) is 33.0 Å². The molecule has 0 aliphatic carbocycles. The van der Waals surface area contributed by atoms with Crippen LogP contribution in [0, 0.1) is 0 Å². The third-order valence-electron chi connectivity index (χ3n) is 9.53. The summed E-state index contributed by atoms with van der Waals surface area (Å²) in [5.41, 5.74) is 3.54. The van der Waals surface area contributed by atoms with E-state index < -0.39 is 46.0 Å². The van der Waals surface area contributed by atoms with Gasteiger partial charge in [-0.2, -0.15) is 0 Å². The lowest BCUT2D eigenvalue weighted by atomic mass is 10.0. The lowest BCUT2D eigenvalue weighted by Gasteiger charge is -2.28. The second-order valence-electron chi connectivity index (χ2n) is 13.3. The van der Waals surface area contributed by atoms with E-state index in [0.717, 1.165) is 40.5 Å². The van der Waals surface area contributed by atoms with Crippen molar-refractivity contribution >= 4 is 80.6 Å². The van der Waals surface area contributed by atoms with E-state index in [0.29, 0.717) is 24.9 Å². The lowest BCUT2D eigenvalue weighted by Crippen LogP contribution is -2.53. The van der Waals surface area contributed by atoms with Crippen LogP contribution in [0.2, 0.25) is 5.02 Å². The number of sulfonamides is 1. The van der Waals surface area contributed by atoms with Crippen LogP contribution in [-0.4, -0.2) is 87.8 Å². The number of anilines is 1. The van der Waals surface area contributed by atoms with Crippen LogP contribution in [0.25, 0.3) is 0 Å². The normalized spacial score (nSPS) is 20.5. The summed E-state index contributed by atoms with van der Waals surface area (Å²) in [7, 11) is -3.95. The molecule has 1 unspecified atom stereocenters. The van der Waals surface area contributed by atoms with Crippen LogP contribution in [-0.2, 0) is 43.8 Å². The number of aryl methyl sites for hydroxylation is 2. The monoisotopic (exact) mass is 819 g/mol. The maximum atomic E-state index is 13.4. The molecule has 3 heterocycles. The molecule has 3 aliphatic heterocycles. The predicted molar refractivity (Wildman–Crippen MR) is 211 cm³/mol. The Hall–Kier alpha value is -2.96. The van der Waals surface area contributed by atoms with Crippen molar-refractivity contribution in [3.05, 3.63) is 88.4 Å². The number of hydrogen-bond donors (Lipinski definition) is 6. The van der Waals surface area contributed by atoms with Gasteiger partial charge in [0.05, 0.1) is 27.0 Å². The van der Waals surface area contributed by atoms with E-state index in [1.54, 1.807) is 54.7 Å².